The van der Waals surface area contributed by atoms with Crippen LogP contribution in [0.5, 0.6) is 0 Å². The van der Waals surface area contributed by atoms with Crippen molar-refractivity contribution in [2.75, 3.05) is 58.9 Å². The van der Waals surface area contributed by atoms with Crippen LogP contribution in [-0.4, -0.2) is 90.6 Å². The maximum Gasteiger partial charge on any atom is 0.236 e. The van der Waals surface area contributed by atoms with Gasteiger partial charge in [-0.05, 0) is 32.3 Å². The topological polar surface area (TPSA) is 71.4 Å². The molecule has 3 rings (SSSR count). The van der Waals surface area contributed by atoms with Gasteiger partial charge >= 0.3 is 0 Å². The number of carbonyl (C=O) groups excluding carboxylic acids is 1. The van der Waals surface area contributed by atoms with Gasteiger partial charge in [-0.3, -0.25) is 14.7 Å². The zero-order chi connectivity index (χ0) is 20.6. The zero-order valence-corrected chi connectivity index (χ0v) is 20.5. The van der Waals surface area contributed by atoms with E-state index in [4.69, 9.17) is 0 Å². The number of benzene rings is 1. The molecule has 0 spiro atoms. The summed E-state index contributed by atoms with van der Waals surface area (Å²) in [7, 11) is 0. The summed E-state index contributed by atoms with van der Waals surface area (Å²) in [4.78, 5) is 23.5. The van der Waals surface area contributed by atoms with Gasteiger partial charge < -0.3 is 20.2 Å². The first-order valence-electron chi connectivity index (χ1n) is 10.8. The van der Waals surface area contributed by atoms with Crippen molar-refractivity contribution in [3.05, 3.63) is 35.4 Å². The predicted molar refractivity (Wildman–Crippen MR) is 131 cm³/mol. The Morgan fingerprint density at radius 3 is 2.30 bits per heavy atom. The van der Waals surface area contributed by atoms with Gasteiger partial charge in [0.1, 0.15) is 0 Å². The average molecular weight is 529 g/mol. The van der Waals surface area contributed by atoms with Crippen molar-refractivity contribution >= 4 is 35.8 Å². The van der Waals surface area contributed by atoms with Gasteiger partial charge in [0.2, 0.25) is 5.91 Å². The number of aliphatic hydroxyl groups is 1. The monoisotopic (exact) mass is 529 g/mol. The Morgan fingerprint density at radius 2 is 1.70 bits per heavy atom. The maximum atomic E-state index is 12.4. The van der Waals surface area contributed by atoms with Gasteiger partial charge in [0.15, 0.2) is 5.96 Å². The van der Waals surface area contributed by atoms with Crippen molar-refractivity contribution in [1.29, 1.82) is 0 Å². The second-order valence-corrected chi connectivity index (χ2v) is 7.97. The number of hydrogen-bond donors (Lipinski definition) is 2. The molecule has 30 heavy (non-hydrogen) atoms. The van der Waals surface area contributed by atoms with Crippen molar-refractivity contribution in [1.82, 2.24) is 20.0 Å². The predicted octanol–water partition coefficient (Wildman–Crippen LogP) is 1.85. The Balaban J connectivity index is 0.00000320. The van der Waals surface area contributed by atoms with E-state index in [9.17, 15) is 9.90 Å². The Morgan fingerprint density at radius 1 is 1.07 bits per heavy atom. The number of nitrogens with zero attached hydrogens (tertiary/aromatic N) is 4. The zero-order valence-electron chi connectivity index (χ0n) is 18.2. The molecule has 7 nitrogen and oxygen atoms in total. The van der Waals surface area contributed by atoms with Crippen molar-refractivity contribution in [2.45, 2.75) is 32.8 Å². The van der Waals surface area contributed by atoms with E-state index < -0.39 is 6.10 Å². The number of piperazine rings is 1. The molecule has 0 bridgehead atoms. The molecule has 0 radical (unpaired) electrons. The molecule has 1 unspecified atom stereocenters. The van der Waals surface area contributed by atoms with E-state index in [1.807, 2.05) is 36.1 Å². The van der Waals surface area contributed by atoms with E-state index in [1.165, 1.54) is 5.56 Å². The SMILES string of the molecule is CCNC(=NCC(O)c1ccc(C)cc1)N1CCN(CC(=O)N2CCCC2)CC1.I. The van der Waals surface area contributed by atoms with Gasteiger partial charge in [0.05, 0.1) is 19.2 Å². The molecule has 1 aromatic rings. The summed E-state index contributed by atoms with van der Waals surface area (Å²) in [5, 5.41) is 13.8. The number of aliphatic hydroxyl groups excluding tert-OH is 1. The first kappa shape index (κ1) is 24.9. The summed E-state index contributed by atoms with van der Waals surface area (Å²) in [6.45, 7) is 10.9. The van der Waals surface area contributed by atoms with Gasteiger partial charge in [-0.2, -0.15) is 0 Å². The summed E-state index contributed by atoms with van der Waals surface area (Å²) >= 11 is 0. The molecule has 2 aliphatic heterocycles. The Bertz CT molecular complexity index is 683. The minimum Gasteiger partial charge on any atom is -0.386 e. The van der Waals surface area contributed by atoms with Gasteiger partial charge in [-0.15, -0.1) is 24.0 Å². The second-order valence-electron chi connectivity index (χ2n) is 7.97. The van der Waals surface area contributed by atoms with E-state index in [2.05, 4.69) is 27.0 Å². The number of aryl methyl sites for hydroxylation is 1. The molecule has 1 amide bonds. The molecule has 1 atom stereocenters. The van der Waals surface area contributed by atoms with Crippen LogP contribution in [0.1, 0.15) is 37.0 Å². The molecular formula is C22H36IN5O2. The number of aliphatic imine (C=N–C) groups is 1. The number of rotatable bonds is 6. The summed E-state index contributed by atoms with van der Waals surface area (Å²) in [5.41, 5.74) is 2.07. The van der Waals surface area contributed by atoms with Gasteiger partial charge in [0.25, 0.3) is 0 Å². The third-order valence-corrected chi connectivity index (χ3v) is 5.70. The molecule has 8 heteroatoms. The smallest absolute Gasteiger partial charge is 0.236 e. The van der Waals surface area contributed by atoms with Crippen LogP contribution in [0.2, 0.25) is 0 Å². The number of likely N-dealkylation sites (tertiary alicyclic amines) is 1. The average Bonchev–Trinajstić information content (AvgIpc) is 3.27. The number of carbonyl (C=O) groups is 1. The molecule has 2 aliphatic rings. The molecule has 0 aliphatic carbocycles. The minimum atomic E-state index is -0.608. The van der Waals surface area contributed by atoms with Crippen LogP contribution in [0.3, 0.4) is 0 Å². The fraction of sp³-hybridized carbons (Fsp3) is 0.636. The van der Waals surface area contributed by atoms with Gasteiger partial charge in [0, 0.05) is 45.8 Å². The van der Waals surface area contributed by atoms with Crippen LogP contribution >= 0.6 is 24.0 Å². The Hall–Kier alpha value is -1.39. The highest BCUT2D eigenvalue weighted by molar-refractivity contribution is 14.0. The molecular weight excluding hydrogens is 493 g/mol. The normalized spacial score (nSPS) is 18.8. The lowest BCUT2D eigenvalue weighted by Crippen LogP contribution is -2.54. The van der Waals surface area contributed by atoms with Crippen molar-refractivity contribution in [3.8, 4) is 0 Å². The van der Waals surface area contributed by atoms with Crippen LogP contribution in [0, 0.1) is 6.92 Å². The highest BCUT2D eigenvalue weighted by atomic mass is 127. The van der Waals surface area contributed by atoms with Crippen molar-refractivity contribution in [3.63, 3.8) is 0 Å². The first-order chi connectivity index (χ1) is 14.1. The third-order valence-electron chi connectivity index (χ3n) is 5.70. The summed E-state index contributed by atoms with van der Waals surface area (Å²) in [5.74, 6) is 1.10. The number of hydrogen-bond acceptors (Lipinski definition) is 4. The third kappa shape index (κ3) is 7.09. The van der Waals surface area contributed by atoms with Crippen molar-refractivity contribution in [2.24, 2.45) is 4.99 Å². The van der Waals surface area contributed by atoms with Gasteiger partial charge in [-0.1, -0.05) is 29.8 Å². The molecule has 168 valence electrons. The lowest BCUT2D eigenvalue weighted by molar-refractivity contribution is -0.131. The van der Waals surface area contributed by atoms with Crippen LogP contribution in [0.25, 0.3) is 0 Å². The van der Waals surface area contributed by atoms with Crippen LogP contribution in [0.4, 0.5) is 0 Å². The van der Waals surface area contributed by atoms with Crippen LogP contribution in [0.15, 0.2) is 29.3 Å². The number of halogens is 1. The highest BCUT2D eigenvalue weighted by Crippen LogP contribution is 2.14. The van der Waals surface area contributed by atoms with E-state index in [0.29, 0.717) is 13.1 Å². The highest BCUT2D eigenvalue weighted by Gasteiger charge is 2.24. The summed E-state index contributed by atoms with van der Waals surface area (Å²) in [6, 6.07) is 7.93. The molecule has 2 saturated heterocycles. The lowest BCUT2D eigenvalue weighted by atomic mass is 10.1. The Labute approximate surface area is 197 Å². The largest absolute Gasteiger partial charge is 0.386 e. The van der Waals surface area contributed by atoms with Gasteiger partial charge in [-0.25, -0.2) is 0 Å². The van der Waals surface area contributed by atoms with E-state index in [1.54, 1.807) is 0 Å². The van der Waals surface area contributed by atoms with Crippen LogP contribution < -0.4 is 5.32 Å². The van der Waals surface area contributed by atoms with E-state index in [0.717, 1.165) is 70.2 Å². The standard InChI is InChI=1S/C22H35N5O2.HI/c1-3-23-22(24-16-20(28)19-8-6-18(2)7-9-19)27-14-12-25(13-15-27)17-21(29)26-10-4-5-11-26;/h6-9,20,28H,3-5,10-17H2,1-2H3,(H,23,24);1H. The van der Waals surface area contributed by atoms with Crippen molar-refractivity contribution < 1.29 is 9.90 Å². The molecule has 0 saturated carbocycles. The maximum absolute atomic E-state index is 12.4. The van der Waals surface area contributed by atoms with E-state index in [-0.39, 0.29) is 29.9 Å². The molecule has 1 aromatic carbocycles. The van der Waals surface area contributed by atoms with E-state index >= 15 is 0 Å². The molecule has 2 N–H and O–H groups in total. The van der Waals surface area contributed by atoms with Crippen LogP contribution in [-0.2, 0) is 4.79 Å². The second kappa shape index (κ2) is 12.5. The molecule has 2 heterocycles. The fourth-order valence-electron chi connectivity index (χ4n) is 3.87. The number of guanidine groups is 1. The minimum absolute atomic E-state index is 0. The molecule has 2 fully saturated rings. The first-order valence-corrected chi connectivity index (χ1v) is 10.8. The lowest BCUT2D eigenvalue weighted by Gasteiger charge is -2.36. The Kier molecular flexibility index (Phi) is 10.3. The number of amides is 1. The summed E-state index contributed by atoms with van der Waals surface area (Å²) < 4.78 is 0. The fourth-order valence-corrected chi connectivity index (χ4v) is 3.87. The number of nitrogens with one attached hydrogen (secondary N) is 1. The molecule has 0 aromatic heterocycles. The quantitative estimate of drug-likeness (QED) is 0.335. The summed E-state index contributed by atoms with van der Waals surface area (Å²) in [6.07, 6.45) is 1.66.